The zero-order valence-electron chi connectivity index (χ0n) is 9.59. The number of rotatable bonds is 2. The molecule has 0 aliphatic heterocycles. The summed E-state index contributed by atoms with van der Waals surface area (Å²) < 4.78 is 0. The maximum atomic E-state index is 9.71. The Balaban J connectivity index is 1.98. The fourth-order valence-corrected chi connectivity index (χ4v) is 1.97. The highest BCUT2D eigenvalue weighted by Gasteiger charge is 2.06. The molecule has 18 heavy (non-hydrogen) atoms. The molecule has 0 amide bonds. The zero-order chi connectivity index (χ0) is 12.5. The van der Waals surface area contributed by atoms with Crippen molar-refractivity contribution in [3.63, 3.8) is 0 Å². The number of nitrogens with one attached hydrogen (secondary N) is 1. The van der Waals surface area contributed by atoms with Crippen molar-refractivity contribution in [1.29, 1.82) is 0 Å². The summed E-state index contributed by atoms with van der Waals surface area (Å²) in [6, 6.07) is 12.2. The minimum absolute atomic E-state index is 0.209. The van der Waals surface area contributed by atoms with Gasteiger partial charge in [0.15, 0.2) is 0 Å². The van der Waals surface area contributed by atoms with Gasteiger partial charge in [-0.25, -0.2) is 4.98 Å². The highest BCUT2D eigenvalue weighted by molar-refractivity contribution is 5.76. The van der Waals surface area contributed by atoms with Gasteiger partial charge in [0.25, 0.3) is 0 Å². The van der Waals surface area contributed by atoms with Crippen LogP contribution in [0, 0.1) is 0 Å². The number of imidazole rings is 1. The van der Waals surface area contributed by atoms with Crippen molar-refractivity contribution in [3.8, 4) is 11.5 Å². The fourth-order valence-electron chi connectivity index (χ4n) is 1.97. The molecule has 4 nitrogen and oxygen atoms in total. The SMILES string of the molecule is Oc1ccc2nc(Cc3ccccc3O)[nH]c2c1. The minimum atomic E-state index is 0.209. The van der Waals surface area contributed by atoms with Crippen LogP contribution in [-0.2, 0) is 6.42 Å². The predicted molar refractivity (Wildman–Crippen MR) is 68.7 cm³/mol. The standard InChI is InChI=1S/C14H12N2O2/c17-10-5-6-11-12(8-10)16-14(15-11)7-9-3-1-2-4-13(9)18/h1-6,8,17-18H,7H2,(H,15,16). The Hall–Kier alpha value is -2.49. The fraction of sp³-hybridized carbons (Fsp3) is 0.0714. The van der Waals surface area contributed by atoms with E-state index in [1.807, 2.05) is 12.1 Å². The topological polar surface area (TPSA) is 69.1 Å². The van der Waals surface area contributed by atoms with E-state index in [1.54, 1.807) is 30.3 Å². The number of phenolic OH excluding ortho intramolecular Hbond substituents is 2. The molecule has 0 saturated heterocycles. The second kappa shape index (κ2) is 4.07. The molecule has 90 valence electrons. The molecule has 0 unspecified atom stereocenters. The number of para-hydroxylation sites is 1. The van der Waals surface area contributed by atoms with Crippen LogP contribution in [0.15, 0.2) is 42.5 Å². The summed E-state index contributed by atoms with van der Waals surface area (Å²) >= 11 is 0. The van der Waals surface area contributed by atoms with E-state index in [9.17, 15) is 10.2 Å². The van der Waals surface area contributed by atoms with Crippen LogP contribution in [0.25, 0.3) is 11.0 Å². The largest absolute Gasteiger partial charge is 0.508 e. The molecule has 0 spiro atoms. The number of benzene rings is 2. The quantitative estimate of drug-likeness (QED) is 0.644. The number of phenols is 2. The van der Waals surface area contributed by atoms with E-state index >= 15 is 0 Å². The molecule has 3 rings (SSSR count). The van der Waals surface area contributed by atoms with Gasteiger partial charge in [0.05, 0.1) is 11.0 Å². The highest BCUT2D eigenvalue weighted by Crippen LogP contribution is 2.22. The number of aromatic hydroxyl groups is 2. The van der Waals surface area contributed by atoms with Crippen molar-refractivity contribution in [2.75, 3.05) is 0 Å². The summed E-state index contributed by atoms with van der Waals surface area (Å²) in [5, 5.41) is 19.1. The number of aromatic nitrogens is 2. The molecule has 0 fully saturated rings. The van der Waals surface area contributed by atoms with Crippen molar-refractivity contribution in [2.45, 2.75) is 6.42 Å². The van der Waals surface area contributed by atoms with E-state index in [-0.39, 0.29) is 11.5 Å². The van der Waals surface area contributed by atoms with Gasteiger partial charge in [0, 0.05) is 18.1 Å². The normalized spacial score (nSPS) is 10.9. The van der Waals surface area contributed by atoms with Crippen molar-refractivity contribution in [3.05, 3.63) is 53.9 Å². The van der Waals surface area contributed by atoms with E-state index in [0.717, 1.165) is 22.4 Å². The van der Waals surface area contributed by atoms with E-state index in [4.69, 9.17) is 0 Å². The smallest absolute Gasteiger partial charge is 0.119 e. The van der Waals surface area contributed by atoms with E-state index in [1.165, 1.54) is 0 Å². The Labute approximate surface area is 104 Å². The molecular formula is C14H12N2O2. The van der Waals surface area contributed by atoms with Crippen molar-refractivity contribution in [2.24, 2.45) is 0 Å². The number of fused-ring (bicyclic) bond motifs is 1. The average Bonchev–Trinajstić information content (AvgIpc) is 2.73. The van der Waals surface area contributed by atoms with Crippen molar-refractivity contribution < 1.29 is 10.2 Å². The van der Waals surface area contributed by atoms with Crippen molar-refractivity contribution >= 4 is 11.0 Å². The number of H-pyrrole nitrogens is 1. The molecule has 0 aliphatic rings. The molecule has 0 saturated carbocycles. The number of aromatic amines is 1. The molecule has 0 bridgehead atoms. The van der Waals surface area contributed by atoms with Gasteiger partial charge in [-0.15, -0.1) is 0 Å². The van der Waals surface area contributed by atoms with Gasteiger partial charge >= 0.3 is 0 Å². The zero-order valence-corrected chi connectivity index (χ0v) is 9.59. The van der Waals surface area contributed by atoms with Gasteiger partial charge < -0.3 is 15.2 Å². The van der Waals surface area contributed by atoms with Gasteiger partial charge in [-0.3, -0.25) is 0 Å². The Morgan fingerprint density at radius 1 is 1.06 bits per heavy atom. The Bertz CT molecular complexity index is 704. The van der Waals surface area contributed by atoms with Crippen LogP contribution in [-0.4, -0.2) is 20.2 Å². The lowest BCUT2D eigenvalue weighted by molar-refractivity contribution is 0.469. The molecule has 0 aliphatic carbocycles. The lowest BCUT2D eigenvalue weighted by atomic mass is 10.1. The summed E-state index contributed by atoms with van der Waals surface area (Å²) in [6.45, 7) is 0. The van der Waals surface area contributed by atoms with Gasteiger partial charge in [-0.2, -0.15) is 0 Å². The van der Waals surface area contributed by atoms with Crippen molar-refractivity contribution in [1.82, 2.24) is 9.97 Å². The summed E-state index contributed by atoms with van der Waals surface area (Å²) in [5.41, 5.74) is 2.42. The molecule has 1 heterocycles. The van der Waals surface area contributed by atoms with E-state index in [2.05, 4.69) is 9.97 Å². The van der Waals surface area contributed by atoms with E-state index in [0.29, 0.717) is 6.42 Å². The highest BCUT2D eigenvalue weighted by atomic mass is 16.3. The molecular weight excluding hydrogens is 228 g/mol. The first kappa shape index (κ1) is 10.7. The molecule has 2 aromatic carbocycles. The van der Waals surface area contributed by atoms with Crippen LogP contribution in [0.2, 0.25) is 0 Å². The minimum Gasteiger partial charge on any atom is -0.508 e. The van der Waals surface area contributed by atoms with Crippen LogP contribution in [0.5, 0.6) is 11.5 Å². The Morgan fingerprint density at radius 2 is 1.89 bits per heavy atom. The molecule has 0 atom stereocenters. The third-order valence-electron chi connectivity index (χ3n) is 2.86. The summed E-state index contributed by atoms with van der Waals surface area (Å²) in [7, 11) is 0. The van der Waals surface area contributed by atoms with E-state index < -0.39 is 0 Å². The predicted octanol–water partition coefficient (Wildman–Crippen LogP) is 2.56. The van der Waals surface area contributed by atoms with Crippen LogP contribution in [0.3, 0.4) is 0 Å². The van der Waals surface area contributed by atoms with Gasteiger partial charge in [0.2, 0.25) is 0 Å². The van der Waals surface area contributed by atoms with Crippen LogP contribution < -0.4 is 0 Å². The second-order valence-electron chi connectivity index (χ2n) is 4.19. The maximum Gasteiger partial charge on any atom is 0.119 e. The molecule has 3 N–H and O–H groups in total. The van der Waals surface area contributed by atoms with Gasteiger partial charge in [-0.05, 0) is 18.2 Å². The lowest BCUT2D eigenvalue weighted by Crippen LogP contribution is -1.90. The first-order valence-corrected chi connectivity index (χ1v) is 5.67. The first-order valence-electron chi connectivity index (χ1n) is 5.67. The lowest BCUT2D eigenvalue weighted by Gasteiger charge is -2.00. The number of hydrogen-bond donors (Lipinski definition) is 3. The monoisotopic (exact) mass is 240 g/mol. The molecule has 3 aromatic rings. The summed E-state index contributed by atoms with van der Waals surface area (Å²) in [4.78, 5) is 7.54. The first-order chi connectivity index (χ1) is 8.72. The van der Waals surface area contributed by atoms with Crippen LogP contribution in [0.1, 0.15) is 11.4 Å². The second-order valence-corrected chi connectivity index (χ2v) is 4.19. The van der Waals surface area contributed by atoms with Gasteiger partial charge in [-0.1, -0.05) is 18.2 Å². The number of hydrogen-bond acceptors (Lipinski definition) is 3. The molecule has 1 aromatic heterocycles. The molecule has 4 heteroatoms. The third-order valence-corrected chi connectivity index (χ3v) is 2.86. The van der Waals surface area contributed by atoms with Gasteiger partial charge in [0.1, 0.15) is 17.3 Å². The third kappa shape index (κ3) is 1.88. The summed E-state index contributed by atoms with van der Waals surface area (Å²) in [5.74, 6) is 1.23. The van der Waals surface area contributed by atoms with Crippen LogP contribution >= 0.6 is 0 Å². The Kier molecular flexibility index (Phi) is 2.41. The average molecular weight is 240 g/mol. The maximum absolute atomic E-state index is 9.71. The van der Waals surface area contributed by atoms with Crippen LogP contribution in [0.4, 0.5) is 0 Å². The summed E-state index contributed by atoms with van der Waals surface area (Å²) in [6.07, 6.45) is 0.530. The molecule has 0 radical (unpaired) electrons. The number of nitrogens with zero attached hydrogens (tertiary/aromatic N) is 1. The Morgan fingerprint density at radius 3 is 2.72 bits per heavy atom.